The maximum absolute atomic E-state index is 10.7. The fourth-order valence-electron chi connectivity index (χ4n) is 4.89. The van der Waals surface area contributed by atoms with E-state index in [-0.39, 0.29) is 10.6 Å². The van der Waals surface area contributed by atoms with Gasteiger partial charge in [-0.15, -0.1) is 0 Å². The Hall–Kier alpha value is -1.46. The molecule has 5 heteroatoms. The minimum absolute atomic E-state index is 0.176. The molecule has 2 bridgehead atoms. The van der Waals surface area contributed by atoms with Gasteiger partial charge in [-0.2, -0.15) is 0 Å². The van der Waals surface area contributed by atoms with Crippen LogP contribution in [0.25, 0.3) is 0 Å². The van der Waals surface area contributed by atoms with Crippen molar-refractivity contribution in [3.05, 3.63) is 39.9 Å². The minimum Gasteiger partial charge on any atom is -0.298 e. The molecule has 23 heavy (non-hydrogen) atoms. The molecule has 3 fully saturated rings. The molecular weight excluding hydrogens is 290 g/mol. The zero-order valence-electron chi connectivity index (χ0n) is 13.6. The number of hydrogen-bond donors (Lipinski definition) is 0. The topological polar surface area (TPSA) is 49.6 Å². The quantitative estimate of drug-likeness (QED) is 0.633. The highest BCUT2D eigenvalue weighted by Crippen LogP contribution is 2.46. The first kappa shape index (κ1) is 15.1. The molecule has 1 aromatic carbocycles. The predicted molar refractivity (Wildman–Crippen MR) is 89.2 cm³/mol. The molecule has 1 saturated heterocycles. The Balaban J connectivity index is 1.29. The zero-order chi connectivity index (χ0) is 15.8. The van der Waals surface area contributed by atoms with E-state index in [1.807, 2.05) is 12.1 Å². The Labute approximate surface area is 137 Å². The van der Waals surface area contributed by atoms with Gasteiger partial charge in [0.2, 0.25) is 0 Å². The number of fused-ring (bicyclic) bond motifs is 2. The van der Waals surface area contributed by atoms with E-state index in [0.717, 1.165) is 37.5 Å². The van der Waals surface area contributed by atoms with Gasteiger partial charge in [0.15, 0.2) is 0 Å². The molecule has 0 aromatic heterocycles. The Morgan fingerprint density at radius 3 is 2.35 bits per heavy atom. The number of nitro benzene ring substituents is 1. The highest BCUT2D eigenvalue weighted by Gasteiger charge is 2.42. The predicted octanol–water partition coefficient (Wildman–Crippen LogP) is 2.90. The van der Waals surface area contributed by atoms with Crippen molar-refractivity contribution in [1.82, 2.24) is 9.80 Å². The van der Waals surface area contributed by atoms with Crippen LogP contribution in [0.1, 0.15) is 31.2 Å². The van der Waals surface area contributed by atoms with Crippen molar-refractivity contribution in [1.29, 1.82) is 0 Å². The molecule has 3 atom stereocenters. The van der Waals surface area contributed by atoms with Crippen LogP contribution in [0.3, 0.4) is 0 Å². The van der Waals surface area contributed by atoms with Crippen LogP contribution in [-0.2, 0) is 6.54 Å². The van der Waals surface area contributed by atoms with Gasteiger partial charge in [0.25, 0.3) is 5.69 Å². The second kappa shape index (κ2) is 6.21. The van der Waals surface area contributed by atoms with Gasteiger partial charge in [0.1, 0.15) is 0 Å². The maximum Gasteiger partial charge on any atom is 0.269 e. The second-order valence-electron chi connectivity index (χ2n) is 7.48. The van der Waals surface area contributed by atoms with Gasteiger partial charge in [-0.3, -0.25) is 19.9 Å². The largest absolute Gasteiger partial charge is 0.298 e. The van der Waals surface area contributed by atoms with Crippen molar-refractivity contribution in [2.45, 2.75) is 38.3 Å². The van der Waals surface area contributed by atoms with E-state index in [9.17, 15) is 10.1 Å². The van der Waals surface area contributed by atoms with Crippen molar-refractivity contribution in [3.63, 3.8) is 0 Å². The van der Waals surface area contributed by atoms with E-state index in [4.69, 9.17) is 0 Å². The third kappa shape index (κ3) is 3.12. The standard InChI is InChI=1S/C18H25N3O2/c22-21(23)17-5-2-14(3-6-17)13-19-7-9-20(10-8-19)18-12-15-1-4-16(18)11-15/h2-3,5-6,15-16,18H,1,4,7-13H2/t15-,16+,18-/m0/s1. The molecule has 0 N–H and O–H groups in total. The third-order valence-corrected chi connectivity index (χ3v) is 6.13. The molecule has 0 unspecified atom stereocenters. The fourth-order valence-corrected chi connectivity index (χ4v) is 4.89. The van der Waals surface area contributed by atoms with E-state index >= 15 is 0 Å². The molecule has 2 aliphatic carbocycles. The average molecular weight is 315 g/mol. The Kier molecular flexibility index (Phi) is 4.07. The number of non-ortho nitro benzene ring substituents is 1. The van der Waals surface area contributed by atoms with Crippen LogP contribution in [0.5, 0.6) is 0 Å². The van der Waals surface area contributed by atoms with Crippen LogP contribution in [0.4, 0.5) is 5.69 Å². The summed E-state index contributed by atoms with van der Waals surface area (Å²) in [5.41, 5.74) is 1.35. The van der Waals surface area contributed by atoms with Gasteiger partial charge in [-0.1, -0.05) is 18.6 Å². The molecule has 1 aliphatic heterocycles. The fraction of sp³-hybridized carbons (Fsp3) is 0.667. The monoisotopic (exact) mass is 315 g/mol. The highest BCUT2D eigenvalue weighted by molar-refractivity contribution is 5.32. The van der Waals surface area contributed by atoms with E-state index in [1.54, 1.807) is 12.1 Å². The lowest BCUT2D eigenvalue weighted by molar-refractivity contribution is -0.384. The molecule has 0 amide bonds. The van der Waals surface area contributed by atoms with Crippen LogP contribution in [-0.4, -0.2) is 46.9 Å². The lowest BCUT2D eigenvalue weighted by Gasteiger charge is -2.41. The Morgan fingerprint density at radius 1 is 1.04 bits per heavy atom. The number of hydrogen-bond acceptors (Lipinski definition) is 4. The van der Waals surface area contributed by atoms with Crippen LogP contribution >= 0.6 is 0 Å². The molecule has 124 valence electrons. The van der Waals surface area contributed by atoms with Crippen LogP contribution in [0.15, 0.2) is 24.3 Å². The molecule has 4 rings (SSSR count). The van der Waals surface area contributed by atoms with Gasteiger partial charge < -0.3 is 0 Å². The summed E-state index contributed by atoms with van der Waals surface area (Å²) in [5.74, 6) is 1.99. The highest BCUT2D eigenvalue weighted by atomic mass is 16.6. The molecule has 0 radical (unpaired) electrons. The summed E-state index contributed by atoms with van der Waals surface area (Å²) in [6, 6.07) is 7.86. The van der Waals surface area contributed by atoms with Gasteiger partial charge in [-0.05, 0) is 36.7 Å². The van der Waals surface area contributed by atoms with Crippen molar-refractivity contribution < 1.29 is 4.92 Å². The van der Waals surface area contributed by atoms with Gasteiger partial charge >= 0.3 is 0 Å². The van der Waals surface area contributed by atoms with E-state index in [1.165, 1.54) is 44.3 Å². The first-order chi connectivity index (χ1) is 11.2. The van der Waals surface area contributed by atoms with Crippen molar-refractivity contribution in [2.24, 2.45) is 11.8 Å². The molecule has 5 nitrogen and oxygen atoms in total. The molecule has 0 spiro atoms. The minimum atomic E-state index is -0.335. The summed E-state index contributed by atoms with van der Waals surface area (Å²) in [4.78, 5) is 15.6. The Bertz CT molecular complexity index is 566. The molecule has 3 aliphatic rings. The van der Waals surface area contributed by atoms with Crippen molar-refractivity contribution >= 4 is 5.69 Å². The normalized spacial score (nSPS) is 31.6. The second-order valence-corrected chi connectivity index (χ2v) is 7.48. The number of benzene rings is 1. The van der Waals surface area contributed by atoms with Crippen LogP contribution in [0.2, 0.25) is 0 Å². The summed E-state index contributed by atoms with van der Waals surface area (Å²) >= 11 is 0. The molecule has 2 saturated carbocycles. The summed E-state index contributed by atoms with van der Waals surface area (Å²) in [6.45, 7) is 5.50. The van der Waals surface area contributed by atoms with Crippen LogP contribution < -0.4 is 0 Å². The van der Waals surface area contributed by atoms with Crippen LogP contribution in [0, 0.1) is 22.0 Å². The molecule has 1 aromatic rings. The SMILES string of the molecule is O=[N+]([O-])c1ccc(CN2CCN([C@H]3C[C@H]4CC[C@@H]3C4)CC2)cc1. The smallest absolute Gasteiger partial charge is 0.269 e. The van der Waals surface area contributed by atoms with E-state index < -0.39 is 0 Å². The number of rotatable bonds is 4. The number of nitro groups is 1. The summed E-state index contributed by atoms with van der Waals surface area (Å²) in [5, 5.41) is 10.7. The third-order valence-electron chi connectivity index (χ3n) is 6.13. The number of piperazine rings is 1. The average Bonchev–Trinajstić information content (AvgIpc) is 3.19. The molecule has 1 heterocycles. The summed E-state index contributed by atoms with van der Waals surface area (Å²) in [6.07, 6.45) is 5.85. The van der Waals surface area contributed by atoms with Gasteiger partial charge in [-0.25, -0.2) is 0 Å². The van der Waals surface area contributed by atoms with Gasteiger partial charge in [0.05, 0.1) is 4.92 Å². The van der Waals surface area contributed by atoms with Crippen molar-refractivity contribution in [2.75, 3.05) is 26.2 Å². The lowest BCUT2D eigenvalue weighted by Crippen LogP contribution is -2.51. The zero-order valence-corrected chi connectivity index (χ0v) is 13.6. The lowest BCUT2D eigenvalue weighted by atomic mass is 9.93. The first-order valence-electron chi connectivity index (χ1n) is 8.89. The molecular formula is C18H25N3O2. The van der Waals surface area contributed by atoms with E-state index in [0.29, 0.717) is 0 Å². The van der Waals surface area contributed by atoms with Gasteiger partial charge in [0, 0.05) is 50.9 Å². The number of nitrogens with zero attached hydrogens (tertiary/aromatic N) is 3. The first-order valence-corrected chi connectivity index (χ1v) is 8.89. The summed E-state index contributed by atoms with van der Waals surface area (Å²) in [7, 11) is 0. The maximum atomic E-state index is 10.7. The Morgan fingerprint density at radius 2 is 1.78 bits per heavy atom. The van der Waals surface area contributed by atoms with Crippen molar-refractivity contribution in [3.8, 4) is 0 Å². The summed E-state index contributed by atoms with van der Waals surface area (Å²) < 4.78 is 0. The van der Waals surface area contributed by atoms with E-state index in [2.05, 4.69) is 9.80 Å².